The van der Waals surface area contributed by atoms with Crippen molar-refractivity contribution >= 4 is 22.4 Å². The second-order valence-electron chi connectivity index (χ2n) is 6.04. The van der Waals surface area contributed by atoms with Crippen LogP contribution in [0.15, 0.2) is 47.3 Å². The maximum Gasteiger partial charge on any atom is 0.276 e. The number of aryl methyl sites for hydroxylation is 1. The molecule has 0 radical (unpaired) electrons. The molecular formula is C20H17N3O3S. The van der Waals surface area contributed by atoms with Gasteiger partial charge >= 0.3 is 0 Å². The molecule has 0 fully saturated rings. The number of nitrogens with zero attached hydrogens (tertiary/aromatic N) is 3. The van der Waals surface area contributed by atoms with E-state index in [4.69, 9.17) is 9.47 Å². The molecule has 27 heavy (non-hydrogen) atoms. The molecule has 2 aromatic carbocycles. The van der Waals surface area contributed by atoms with Crippen LogP contribution in [0.2, 0.25) is 0 Å². The summed E-state index contributed by atoms with van der Waals surface area (Å²) in [6, 6.07) is 13.4. The summed E-state index contributed by atoms with van der Waals surface area (Å²) in [7, 11) is 3.15. The van der Waals surface area contributed by atoms with Crippen LogP contribution in [0.1, 0.15) is 11.1 Å². The Morgan fingerprint density at radius 3 is 2.44 bits per heavy atom. The van der Waals surface area contributed by atoms with Crippen molar-refractivity contribution < 1.29 is 9.47 Å². The fraction of sp³-hybridized carbons (Fsp3) is 0.150. The molecule has 2 aromatic heterocycles. The molecule has 2 heterocycles. The molecule has 0 bridgehead atoms. The van der Waals surface area contributed by atoms with E-state index in [-0.39, 0.29) is 5.56 Å². The van der Waals surface area contributed by atoms with Gasteiger partial charge in [-0.05, 0) is 36.8 Å². The summed E-state index contributed by atoms with van der Waals surface area (Å²) in [6.07, 6.45) is 1.87. The summed E-state index contributed by atoms with van der Waals surface area (Å²) >= 11 is 1.32. The van der Waals surface area contributed by atoms with E-state index >= 15 is 0 Å². The molecule has 0 aliphatic carbocycles. The third kappa shape index (κ3) is 3.06. The Morgan fingerprint density at radius 1 is 1.00 bits per heavy atom. The van der Waals surface area contributed by atoms with E-state index in [9.17, 15) is 4.79 Å². The molecule has 4 aromatic rings. The summed E-state index contributed by atoms with van der Waals surface area (Å²) in [5.41, 5.74) is 2.75. The van der Waals surface area contributed by atoms with Gasteiger partial charge in [-0.15, -0.1) is 10.2 Å². The minimum atomic E-state index is -0.134. The van der Waals surface area contributed by atoms with E-state index in [0.717, 1.165) is 11.1 Å². The van der Waals surface area contributed by atoms with E-state index in [1.807, 2.05) is 43.3 Å². The Balaban J connectivity index is 1.86. The lowest BCUT2D eigenvalue weighted by atomic mass is 10.1. The third-order valence-corrected chi connectivity index (χ3v) is 5.22. The highest BCUT2D eigenvalue weighted by Crippen LogP contribution is 2.31. The van der Waals surface area contributed by atoms with Crippen LogP contribution in [0, 0.1) is 6.92 Å². The fourth-order valence-electron chi connectivity index (χ4n) is 2.84. The monoisotopic (exact) mass is 379 g/mol. The molecule has 0 amide bonds. The highest BCUT2D eigenvalue weighted by atomic mass is 32.1. The lowest BCUT2D eigenvalue weighted by Crippen LogP contribution is -2.23. The molecule has 0 aliphatic rings. The number of thiazole rings is 1. The molecule has 0 spiro atoms. The van der Waals surface area contributed by atoms with Gasteiger partial charge in [0.15, 0.2) is 17.3 Å². The number of aromatic nitrogens is 3. The number of benzene rings is 2. The first-order valence-corrected chi connectivity index (χ1v) is 9.11. The molecular weight excluding hydrogens is 362 g/mol. The first-order chi connectivity index (χ1) is 13.1. The molecule has 7 heteroatoms. The van der Waals surface area contributed by atoms with Crippen LogP contribution in [0.4, 0.5) is 0 Å². The number of ether oxygens (including phenoxy) is 2. The lowest BCUT2D eigenvalue weighted by Gasteiger charge is -2.08. The molecule has 6 nitrogen and oxygen atoms in total. The van der Waals surface area contributed by atoms with Gasteiger partial charge in [-0.1, -0.05) is 41.2 Å². The maximum absolute atomic E-state index is 12.9. The summed E-state index contributed by atoms with van der Waals surface area (Å²) in [4.78, 5) is 13.5. The molecule has 0 N–H and O–H groups in total. The lowest BCUT2D eigenvalue weighted by molar-refractivity contribution is 0.355. The largest absolute Gasteiger partial charge is 0.493 e. The average molecular weight is 379 g/mol. The molecule has 4 rings (SSSR count). The molecule has 136 valence electrons. The predicted octanol–water partition coefficient (Wildman–Crippen LogP) is 2.69. The maximum atomic E-state index is 12.9. The predicted molar refractivity (Wildman–Crippen MR) is 106 cm³/mol. The van der Waals surface area contributed by atoms with Crippen molar-refractivity contribution in [3.63, 3.8) is 0 Å². The van der Waals surface area contributed by atoms with Crippen LogP contribution in [0.5, 0.6) is 11.5 Å². The summed E-state index contributed by atoms with van der Waals surface area (Å²) in [5, 5.41) is 8.36. The smallest absolute Gasteiger partial charge is 0.276 e. The van der Waals surface area contributed by atoms with Gasteiger partial charge in [-0.2, -0.15) is 0 Å². The van der Waals surface area contributed by atoms with E-state index < -0.39 is 0 Å². The van der Waals surface area contributed by atoms with Crippen molar-refractivity contribution in [3.05, 3.63) is 68.5 Å². The van der Waals surface area contributed by atoms with Gasteiger partial charge in [0.05, 0.1) is 18.8 Å². The zero-order chi connectivity index (χ0) is 19.0. The van der Waals surface area contributed by atoms with Gasteiger partial charge in [0.2, 0.25) is 4.96 Å². The van der Waals surface area contributed by atoms with E-state index in [1.165, 1.54) is 21.3 Å². The van der Waals surface area contributed by atoms with Crippen LogP contribution in [0.3, 0.4) is 0 Å². The van der Waals surface area contributed by atoms with Crippen molar-refractivity contribution in [1.29, 1.82) is 0 Å². The highest BCUT2D eigenvalue weighted by Gasteiger charge is 2.16. The second-order valence-corrected chi connectivity index (χ2v) is 7.05. The van der Waals surface area contributed by atoms with Gasteiger partial charge in [0.25, 0.3) is 5.56 Å². The van der Waals surface area contributed by atoms with Gasteiger partial charge < -0.3 is 9.47 Å². The molecule has 0 saturated carbocycles. The van der Waals surface area contributed by atoms with Crippen LogP contribution in [0.25, 0.3) is 22.4 Å². The molecule has 0 atom stereocenters. The van der Waals surface area contributed by atoms with Crippen molar-refractivity contribution in [2.75, 3.05) is 14.2 Å². The van der Waals surface area contributed by atoms with E-state index in [0.29, 0.717) is 26.8 Å². The van der Waals surface area contributed by atoms with Gasteiger partial charge in [0.1, 0.15) is 0 Å². The van der Waals surface area contributed by atoms with Gasteiger partial charge in [-0.3, -0.25) is 4.79 Å². The Labute approximate surface area is 159 Å². The zero-order valence-corrected chi connectivity index (χ0v) is 15.9. The minimum absolute atomic E-state index is 0.134. The first kappa shape index (κ1) is 17.2. The van der Waals surface area contributed by atoms with Crippen LogP contribution in [-0.4, -0.2) is 28.8 Å². The van der Waals surface area contributed by atoms with Crippen molar-refractivity contribution in [2.24, 2.45) is 0 Å². The number of fused-ring (bicyclic) bond motifs is 1. The van der Waals surface area contributed by atoms with Crippen molar-refractivity contribution in [2.45, 2.75) is 6.92 Å². The van der Waals surface area contributed by atoms with Crippen molar-refractivity contribution in [3.8, 4) is 22.9 Å². The average Bonchev–Trinajstić information content (AvgIpc) is 3.23. The Morgan fingerprint density at radius 2 is 1.74 bits per heavy atom. The normalized spacial score (nSPS) is 11.9. The van der Waals surface area contributed by atoms with Gasteiger partial charge in [-0.25, -0.2) is 4.40 Å². The Kier molecular flexibility index (Phi) is 4.37. The minimum Gasteiger partial charge on any atom is -0.493 e. The number of rotatable bonds is 4. The van der Waals surface area contributed by atoms with Crippen molar-refractivity contribution in [1.82, 2.24) is 14.6 Å². The first-order valence-electron chi connectivity index (χ1n) is 8.29. The topological polar surface area (TPSA) is 65.7 Å². The van der Waals surface area contributed by atoms with Crippen LogP contribution >= 0.6 is 11.3 Å². The van der Waals surface area contributed by atoms with E-state index in [1.54, 1.807) is 26.4 Å². The molecule has 0 unspecified atom stereocenters. The number of hydrogen-bond donors (Lipinski definition) is 0. The fourth-order valence-corrected chi connectivity index (χ4v) is 3.75. The molecule has 0 aliphatic heterocycles. The summed E-state index contributed by atoms with van der Waals surface area (Å²) < 4.78 is 12.8. The highest BCUT2D eigenvalue weighted by molar-refractivity contribution is 7.15. The zero-order valence-electron chi connectivity index (χ0n) is 15.1. The third-order valence-electron chi connectivity index (χ3n) is 4.27. The van der Waals surface area contributed by atoms with Crippen LogP contribution in [-0.2, 0) is 0 Å². The standard InChI is InChI=1S/C20H17N3O3S/c1-12-4-6-13(7-5-12)10-17-19(24)23-18(21-22-20(23)27-17)14-8-9-15(25-2)16(11-14)26-3/h4-11H,1-3H3/b17-10-. The number of hydrogen-bond acceptors (Lipinski definition) is 6. The SMILES string of the molecule is COc1ccc(-c2nnc3s/c(=C\c4ccc(C)cc4)c(=O)n23)cc1OC. The van der Waals surface area contributed by atoms with Crippen LogP contribution < -0.4 is 19.6 Å². The number of methoxy groups -OCH3 is 2. The Hall–Kier alpha value is -3.19. The molecule has 0 saturated heterocycles. The van der Waals surface area contributed by atoms with E-state index in [2.05, 4.69) is 10.2 Å². The van der Waals surface area contributed by atoms with Gasteiger partial charge in [0, 0.05) is 5.56 Å². The second kappa shape index (κ2) is 6.85. The Bertz CT molecular complexity index is 1230. The summed E-state index contributed by atoms with van der Waals surface area (Å²) in [5.74, 6) is 1.67. The summed E-state index contributed by atoms with van der Waals surface area (Å²) in [6.45, 7) is 2.03. The quantitative estimate of drug-likeness (QED) is 0.545.